The quantitative estimate of drug-likeness (QED) is 0.588. The van der Waals surface area contributed by atoms with E-state index in [4.69, 9.17) is 20.0 Å². The summed E-state index contributed by atoms with van der Waals surface area (Å²) in [5.41, 5.74) is 1.15. The summed E-state index contributed by atoms with van der Waals surface area (Å²) in [6, 6.07) is 10.1. The first-order valence-electron chi connectivity index (χ1n) is 9.25. The number of anilines is 1. The Balaban J connectivity index is 1.38. The van der Waals surface area contributed by atoms with Crippen molar-refractivity contribution >= 4 is 46.4 Å². The van der Waals surface area contributed by atoms with Crippen molar-refractivity contribution in [3.63, 3.8) is 0 Å². The van der Waals surface area contributed by atoms with Crippen molar-refractivity contribution in [1.82, 2.24) is 0 Å². The lowest BCUT2D eigenvalue weighted by Crippen LogP contribution is -2.26. The van der Waals surface area contributed by atoms with Crippen molar-refractivity contribution in [2.75, 3.05) is 12.1 Å². The van der Waals surface area contributed by atoms with E-state index in [1.807, 2.05) is 0 Å². The summed E-state index contributed by atoms with van der Waals surface area (Å²) in [4.78, 5) is 40.0. The summed E-state index contributed by atoms with van der Waals surface area (Å²) >= 11 is 0.907. The number of carboxylic acids is 1. The number of amides is 1. The van der Waals surface area contributed by atoms with E-state index < -0.39 is 23.2 Å². The third kappa shape index (κ3) is 4.58. The van der Waals surface area contributed by atoms with Crippen LogP contribution in [0.5, 0.6) is 11.5 Å². The Hall–Kier alpha value is -3.66. The monoisotopic (exact) mass is 439 g/mol. The Labute approximate surface area is 181 Å². The standard InChI is InChI=1S/C21H17N3O6S/c22-18-16(8-17(25)24-13-3-1-2-12(7-13)20(26)27)31-21(28)19(18)23-9-11-4-5-14-15(6-11)30-10-29-14/h1-7,9,16,19,22H,8,10H2,(H,24,25)(H,26,27). The molecule has 4 rings (SSSR count). The lowest BCUT2D eigenvalue weighted by Gasteiger charge is -2.10. The molecule has 1 fully saturated rings. The zero-order chi connectivity index (χ0) is 22.0. The molecule has 158 valence electrons. The number of carbonyl (C=O) groups is 3. The molecule has 3 N–H and O–H groups in total. The minimum Gasteiger partial charge on any atom is -0.478 e. The number of benzene rings is 2. The van der Waals surface area contributed by atoms with Crippen LogP contribution in [0.1, 0.15) is 22.3 Å². The fraction of sp³-hybridized carbons (Fsp3) is 0.190. The summed E-state index contributed by atoms with van der Waals surface area (Å²) in [6.45, 7) is 0.155. The van der Waals surface area contributed by atoms with Gasteiger partial charge in [-0.05, 0) is 42.0 Å². The van der Waals surface area contributed by atoms with Gasteiger partial charge in [0.1, 0.15) is 0 Å². The fourth-order valence-corrected chi connectivity index (χ4v) is 4.22. The summed E-state index contributed by atoms with van der Waals surface area (Å²) in [5, 5.41) is 19.0. The largest absolute Gasteiger partial charge is 0.478 e. The molecule has 1 amide bonds. The molecule has 0 bridgehead atoms. The van der Waals surface area contributed by atoms with Crippen molar-refractivity contribution in [2.24, 2.45) is 4.99 Å². The second-order valence-electron chi connectivity index (χ2n) is 6.81. The molecular formula is C21H17N3O6S. The van der Waals surface area contributed by atoms with Gasteiger partial charge < -0.3 is 25.3 Å². The number of fused-ring (bicyclic) bond motifs is 1. The van der Waals surface area contributed by atoms with E-state index in [0.29, 0.717) is 22.7 Å². The van der Waals surface area contributed by atoms with Gasteiger partial charge in [0, 0.05) is 18.3 Å². The van der Waals surface area contributed by atoms with E-state index in [0.717, 1.165) is 11.8 Å². The average Bonchev–Trinajstić information content (AvgIpc) is 3.30. The highest BCUT2D eigenvalue weighted by Gasteiger charge is 2.39. The molecule has 0 spiro atoms. The molecule has 0 saturated carbocycles. The Morgan fingerprint density at radius 2 is 2.03 bits per heavy atom. The van der Waals surface area contributed by atoms with Gasteiger partial charge in [0.05, 0.1) is 16.5 Å². The molecule has 1 saturated heterocycles. The van der Waals surface area contributed by atoms with Crippen molar-refractivity contribution in [3.05, 3.63) is 53.6 Å². The van der Waals surface area contributed by atoms with E-state index in [1.54, 1.807) is 24.3 Å². The van der Waals surface area contributed by atoms with Gasteiger partial charge in [0.25, 0.3) is 0 Å². The maximum absolute atomic E-state index is 12.4. The van der Waals surface area contributed by atoms with Crippen LogP contribution in [-0.2, 0) is 9.59 Å². The number of nitrogens with zero attached hydrogens (tertiary/aromatic N) is 1. The second-order valence-corrected chi connectivity index (χ2v) is 8.02. The van der Waals surface area contributed by atoms with Gasteiger partial charge in [-0.3, -0.25) is 14.6 Å². The van der Waals surface area contributed by atoms with Crippen LogP contribution in [0.2, 0.25) is 0 Å². The van der Waals surface area contributed by atoms with E-state index in [2.05, 4.69) is 10.3 Å². The van der Waals surface area contributed by atoms with Crippen molar-refractivity contribution in [1.29, 1.82) is 5.41 Å². The van der Waals surface area contributed by atoms with Gasteiger partial charge in [-0.1, -0.05) is 17.8 Å². The number of thioether (sulfide) groups is 1. The van der Waals surface area contributed by atoms with Crippen molar-refractivity contribution < 1.29 is 29.0 Å². The molecule has 2 aromatic carbocycles. The molecule has 0 aromatic heterocycles. The third-order valence-electron chi connectivity index (χ3n) is 4.66. The Morgan fingerprint density at radius 3 is 2.84 bits per heavy atom. The number of nitrogens with one attached hydrogen (secondary N) is 2. The molecular weight excluding hydrogens is 422 g/mol. The van der Waals surface area contributed by atoms with Crippen LogP contribution in [-0.4, -0.2) is 52.1 Å². The number of rotatable bonds is 6. The Morgan fingerprint density at radius 1 is 1.23 bits per heavy atom. The van der Waals surface area contributed by atoms with Gasteiger partial charge in [0.2, 0.25) is 17.8 Å². The number of ether oxygens (including phenoxy) is 2. The maximum Gasteiger partial charge on any atom is 0.335 e. The van der Waals surface area contributed by atoms with Crippen LogP contribution >= 0.6 is 11.8 Å². The van der Waals surface area contributed by atoms with E-state index in [9.17, 15) is 14.4 Å². The van der Waals surface area contributed by atoms with Gasteiger partial charge in [0.15, 0.2) is 17.5 Å². The molecule has 2 heterocycles. The lowest BCUT2D eigenvalue weighted by atomic mass is 10.1. The first-order chi connectivity index (χ1) is 14.9. The topological polar surface area (TPSA) is 138 Å². The Bertz CT molecular complexity index is 1120. The van der Waals surface area contributed by atoms with Crippen LogP contribution in [0.4, 0.5) is 5.69 Å². The highest BCUT2D eigenvalue weighted by atomic mass is 32.2. The summed E-state index contributed by atoms with van der Waals surface area (Å²) in [6.07, 6.45) is 1.40. The number of hydrogen-bond acceptors (Lipinski definition) is 8. The van der Waals surface area contributed by atoms with Crippen LogP contribution < -0.4 is 14.8 Å². The fourth-order valence-electron chi connectivity index (χ4n) is 3.13. The second kappa shape index (κ2) is 8.60. The Kier molecular flexibility index (Phi) is 5.72. The lowest BCUT2D eigenvalue weighted by molar-refractivity contribution is -0.116. The predicted molar refractivity (Wildman–Crippen MR) is 115 cm³/mol. The first kappa shape index (κ1) is 20.6. The molecule has 10 heteroatoms. The number of hydrogen-bond donors (Lipinski definition) is 3. The van der Waals surface area contributed by atoms with Crippen LogP contribution in [0.25, 0.3) is 0 Å². The number of carbonyl (C=O) groups excluding carboxylic acids is 2. The minimum atomic E-state index is -1.10. The molecule has 31 heavy (non-hydrogen) atoms. The third-order valence-corrected chi connectivity index (χ3v) is 5.82. The van der Waals surface area contributed by atoms with E-state index >= 15 is 0 Å². The SMILES string of the molecule is N=C1C(CC(=O)Nc2cccc(C(=O)O)c2)SC(=O)C1N=Cc1ccc2c(c1)OCO2. The highest BCUT2D eigenvalue weighted by Crippen LogP contribution is 2.33. The number of carboxylic acid groups (broad SMARTS) is 1. The molecule has 9 nitrogen and oxygen atoms in total. The van der Waals surface area contributed by atoms with Crippen LogP contribution in [0.3, 0.4) is 0 Å². The molecule has 0 aliphatic carbocycles. The summed E-state index contributed by atoms with van der Waals surface area (Å²) in [5.74, 6) is -0.291. The van der Waals surface area contributed by atoms with Crippen molar-refractivity contribution in [3.8, 4) is 11.5 Å². The van der Waals surface area contributed by atoms with Gasteiger partial charge >= 0.3 is 5.97 Å². The minimum absolute atomic E-state index is 0.0499. The van der Waals surface area contributed by atoms with Gasteiger partial charge in [-0.25, -0.2) is 4.79 Å². The highest BCUT2D eigenvalue weighted by molar-refractivity contribution is 8.15. The maximum atomic E-state index is 12.4. The molecule has 2 atom stereocenters. The molecule has 2 unspecified atom stereocenters. The zero-order valence-electron chi connectivity index (χ0n) is 16.0. The predicted octanol–water partition coefficient (Wildman–Crippen LogP) is 2.59. The molecule has 2 aliphatic rings. The van der Waals surface area contributed by atoms with Crippen LogP contribution in [0.15, 0.2) is 47.5 Å². The van der Waals surface area contributed by atoms with Crippen molar-refractivity contribution in [2.45, 2.75) is 17.7 Å². The number of aliphatic imine (C=N–C) groups is 1. The smallest absolute Gasteiger partial charge is 0.335 e. The van der Waals surface area contributed by atoms with Gasteiger partial charge in [-0.15, -0.1) is 0 Å². The number of aromatic carboxylic acids is 1. The first-order valence-corrected chi connectivity index (χ1v) is 10.1. The molecule has 0 radical (unpaired) electrons. The van der Waals surface area contributed by atoms with E-state index in [1.165, 1.54) is 24.4 Å². The van der Waals surface area contributed by atoms with E-state index in [-0.39, 0.29) is 29.6 Å². The zero-order valence-corrected chi connectivity index (χ0v) is 16.8. The normalized spacial score (nSPS) is 19.7. The summed E-state index contributed by atoms with van der Waals surface area (Å²) in [7, 11) is 0. The molecule has 2 aromatic rings. The van der Waals surface area contributed by atoms with Crippen LogP contribution in [0, 0.1) is 5.41 Å². The summed E-state index contributed by atoms with van der Waals surface area (Å²) < 4.78 is 10.6. The average molecular weight is 439 g/mol. The molecule has 2 aliphatic heterocycles. The van der Waals surface area contributed by atoms with Gasteiger partial charge in [-0.2, -0.15) is 0 Å².